The molecule has 2 heterocycles. The molecular formula is C18H24ClN5O. The van der Waals surface area contributed by atoms with Crippen LogP contribution in [0.1, 0.15) is 42.4 Å². The highest BCUT2D eigenvalue weighted by Crippen LogP contribution is 2.30. The fraction of sp³-hybridized carbons (Fsp3) is 0.500. The molecule has 2 aromatic rings. The third kappa shape index (κ3) is 3.95. The van der Waals surface area contributed by atoms with Crippen LogP contribution in [0.3, 0.4) is 0 Å². The van der Waals surface area contributed by atoms with E-state index in [9.17, 15) is 4.79 Å². The average Bonchev–Trinajstić information content (AvgIpc) is 3.27. The van der Waals surface area contributed by atoms with E-state index in [0.29, 0.717) is 17.1 Å². The lowest BCUT2D eigenvalue weighted by Crippen LogP contribution is -2.28. The van der Waals surface area contributed by atoms with Crippen LogP contribution in [-0.4, -0.2) is 45.7 Å². The molecule has 0 aliphatic carbocycles. The van der Waals surface area contributed by atoms with E-state index in [1.165, 1.54) is 12.8 Å². The Hall–Kier alpha value is -2.08. The molecule has 1 aliphatic rings. The van der Waals surface area contributed by atoms with Crippen molar-refractivity contribution >= 4 is 23.2 Å². The van der Waals surface area contributed by atoms with Crippen LogP contribution in [0.5, 0.6) is 0 Å². The van der Waals surface area contributed by atoms with Gasteiger partial charge < -0.3 is 14.4 Å². The molecule has 3 rings (SSSR count). The van der Waals surface area contributed by atoms with Gasteiger partial charge in [-0.3, -0.25) is 4.79 Å². The standard InChI is InChI=1S/C18H24ClN5O/c1-3-8-24-13-20-21-17(24)12-22(2)18(25)14-6-7-16(15(19)11-14)23-9-4-5-10-23/h6-7,11,13H,3-5,8-10,12H2,1-2H3. The Morgan fingerprint density at radius 2 is 2.08 bits per heavy atom. The SMILES string of the molecule is CCCn1cnnc1CN(C)C(=O)c1ccc(N2CCCC2)c(Cl)c1. The van der Waals surface area contributed by atoms with Crippen molar-refractivity contribution in [3.8, 4) is 0 Å². The second kappa shape index (κ2) is 7.87. The van der Waals surface area contributed by atoms with E-state index in [-0.39, 0.29) is 5.91 Å². The summed E-state index contributed by atoms with van der Waals surface area (Å²) in [7, 11) is 1.77. The van der Waals surface area contributed by atoms with Crippen molar-refractivity contribution < 1.29 is 4.79 Å². The molecule has 1 amide bonds. The Morgan fingerprint density at radius 1 is 1.32 bits per heavy atom. The predicted octanol–water partition coefficient (Wildman–Crippen LogP) is 3.21. The summed E-state index contributed by atoms with van der Waals surface area (Å²) in [5, 5.41) is 8.70. The molecule has 0 radical (unpaired) electrons. The van der Waals surface area contributed by atoms with Gasteiger partial charge in [-0.15, -0.1) is 10.2 Å². The van der Waals surface area contributed by atoms with E-state index < -0.39 is 0 Å². The first-order valence-electron chi connectivity index (χ1n) is 8.76. The summed E-state index contributed by atoms with van der Waals surface area (Å²) in [6, 6.07) is 5.58. The molecule has 1 aromatic heterocycles. The number of nitrogens with zero attached hydrogens (tertiary/aromatic N) is 5. The van der Waals surface area contributed by atoms with Gasteiger partial charge in [-0.25, -0.2) is 0 Å². The third-order valence-electron chi connectivity index (χ3n) is 4.53. The Bertz CT molecular complexity index is 739. The largest absolute Gasteiger partial charge is 0.370 e. The Kier molecular flexibility index (Phi) is 5.58. The molecular weight excluding hydrogens is 338 g/mol. The zero-order valence-corrected chi connectivity index (χ0v) is 15.5. The molecule has 25 heavy (non-hydrogen) atoms. The summed E-state index contributed by atoms with van der Waals surface area (Å²) in [6.45, 7) is 5.42. The molecule has 0 unspecified atom stereocenters. The average molecular weight is 362 g/mol. The maximum Gasteiger partial charge on any atom is 0.254 e. The second-order valence-corrected chi connectivity index (χ2v) is 6.87. The van der Waals surface area contributed by atoms with Crippen LogP contribution in [0.15, 0.2) is 24.5 Å². The van der Waals surface area contributed by atoms with Crippen LogP contribution in [-0.2, 0) is 13.1 Å². The maximum absolute atomic E-state index is 12.7. The maximum atomic E-state index is 12.7. The van der Waals surface area contributed by atoms with Gasteiger partial charge >= 0.3 is 0 Å². The van der Waals surface area contributed by atoms with Gasteiger partial charge in [0.15, 0.2) is 5.82 Å². The monoisotopic (exact) mass is 361 g/mol. The van der Waals surface area contributed by atoms with Gasteiger partial charge in [0.2, 0.25) is 0 Å². The molecule has 0 saturated carbocycles. The number of hydrogen-bond acceptors (Lipinski definition) is 4. The van der Waals surface area contributed by atoms with Gasteiger partial charge in [0.1, 0.15) is 6.33 Å². The second-order valence-electron chi connectivity index (χ2n) is 6.46. The van der Waals surface area contributed by atoms with E-state index >= 15 is 0 Å². The van der Waals surface area contributed by atoms with Gasteiger partial charge in [-0.05, 0) is 37.5 Å². The number of rotatable bonds is 6. The number of anilines is 1. The van der Waals surface area contributed by atoms with Crippen LogP contribution in [0, 0.1) is 0 Å². The minimum Gasteiger partial charge on any atom is -0.370 e. The molecule has 1 aromatic carbocycles. The van der Waals surface area contributed by atoms with Crippen LogP contribution in [0.25, 0.3) is 0 Å². The molecule has 1 aliphatic heterocycles. The van der Waals surface area contributed by atoms with Crippen molar-refractivity contribution in [2.24, 2.45) is 0 Å². The lowest BCUT2D eigenvalue weighted by Gasteiger charge is -2.21. The van der Waals surface area contributed by atoms with E-state index in [1.54, 1.807) is 24.3 Å². The number of halogens is 1. The number of carbonyl (C=O) groups is 1. The van der Waals surface area contributed by atoms with Crippen LogP contribution in [0.4, 0.5) is 5.69 Å². The van der Waals surface area contributed by atoms with Crippen molar-refractivity contribution in [3.05, 3.63) is 40.9 Å². The topological polar surface area (TPSA) is 54.3 Å². The Labute approximate surface area is 153 Å². The zero-order chi connectivity index (χ0) is 17.8. The van der Waals surface area contributed by atoms with Crippen molar-refractivity contribution in [2.45, 2.75) is 39.3 Å². The molecule has 1 fully saturated rings. The van der Waals surface area contributed by atoms with E-state index in [1.807, 2.05) is 16.7 Å². The summed E-state index contributed by atoms with van der Waals surface area (Å²) >= 11 is 6.43. The summed E-state index contributed by atoms with van der Waals surface area (Å²) in [5.41, 5.74) is 1.61. The van der Waals surface area contributed by atoms with Crippen LogP contribution < -0.4 is 4.90 Å². The number of hydrogen-bond donors (Lipinski definition) is 0. The fourth-order valence-corrected chi connectivity index (χ4v) is 3.49. The fourth-order valence-electron chi connectivity index (χ4n) is 3.19. The number of amides is 1. The smallest absolute Gasteiger partial charge is 0.254 e. The minimum atomic E-state index is -0.0686. The van der Waals surface area contributed by atoms with E-state index in [4.69, 9.17) is 11.6 Å². The van der Waals surface area contributed by atoms with Gasteiger partial charge in [0.25, 0.3) is 5.91 Å². The summed E-state index contributed by atoms with van der Waals surface area (Å²) < 4.78 is 1.98. The quantitative estimate of drug-likeness (QED) is 0.792. The van der Waals surface area contributed by atoms with Crippen LogP contribution >= 0.6 is 11.6 Å². The third-order valence-corrected chi connectivity index (χ3v) is 4.83. The van der Waals surface area contributed by atoms with Crippen LogP contribution in [0.2, 0.25) is 5.02 Å². The Morgan fingerprint density at radius 3 is 2.76 bits per heavy atom. The van der Waals surface area contributed by atoms with Crippen molar-refractivity contribution in [1.82, 2.24) is 19.7 Å². The lowest BCUT2D eigenvalue weighted by molar-refractivity contribution is 0.0780. The van der Waals surface area contributed by atoms with Crippen molar-refractivity contribution in [1.29, 1.82) is 0 Å². The first-order chi connectivity index (χ1) is 12.1. The van der Waals surface area contributed by atoms with Crippen molar-refractivity contribution in [2.75, 3.05) is 25.0 Å². The highest BCUT2D eigenvalue weighted by atomic mass is 35.5. The molecule has 0 bridgehead atoms. The summed E-state index contributed by atoms with van der Waals surface area (Å²) in [4.78, 5) is 16.6. The highest BCUT2D eigenvalue weighted by Gasteiger charge is 2.19. The molecule has 0 atom stereocenters. The Balaban J connectivity index is 1.71. The molecule has 1 saturated heterocycles. The van der Waals surface area contributed by atoms with E-state index in [2.05, 4.69) is 22.0 Å². The first kappa shape index (κ1) is 17.7. The van der Waals surface area contributed by atoms with Crippen molar-refractivity contribution in [3.63, 3.8) is 0 Å². The number of aryl methyl sites for hydroxylation is 1. The molecule has 0 N–H and O–H groups in total. The number of aromatic nitrogens is 3. The first-order valence-corrected chi connectivity index (χ1v) is 9.14. The summed E-state index contributed by atoms with van der Waals surface area (Å²) in [5.74, 6) is 0.721. The highest BCUT2D eigenvalue weighted by molar-refractivity contribution is 6.33. The summed E-state index contributed by atoms with van der Waals surface area (Å²) in [6.07, 6.45) is 5.09. The minimum absolute atomic E-state index is 0.0686. The zero-order valence-electron chi connectivity index (χ0n) is 14.8. The molecule has 7 heteroatoms. The predicted molar refractivity (Wildman–Crippen MR) is 99.0 cm³/mol. The number of carbonyl (C=O) groups excluding carboxylic acids is 1. The lowest BCUT2D eigenvalue weighted by atomic mass is 10.1. The normalized spacial score (nSPS) is 14.1. The van der Waals surface area contributed by atoms with Gasteiger partial charge in [0.05, 0.1) is 17.3 Å². The molecule has 134 valence electrons. The molecule has 0 spiro atoms. The van der Waals surface area contributed by atoms with Gasteiger partial charge in [-0.2, -0.15) is 0 Å². The van der Waals surface area contributed by atoms with E-state index in [0.717, 1.165) is 37.6 Å². The van der Waals surface area contributed by atoms with Gasteiger partial charge in [0, 0.05) is 32.2 Å². The number of benzene rings is 1. The van der Waals surface area contributed by atoms with Gasteiger partial charge in [-0.1, -0.05) is 18.5 Å². The molecule has 6 nitrogen and oxygen atoms in total.